The van der Waals surface area contributed by atoms with Crippen LogP contribution in [0.25, 0.3) is 0 Å². The van der Waals surface area contributed by atoms with Gasteiger partial charge in [0.25, 0.3) is 0 Å². The topological polar surface area (TPSA) is 35.5 Å². The molecule has 0 aliphatic rings. The van der Waals surface area contributed by atoms with Crippen LogP contribution in [0.1, 0.15) is 12.5 Å². The quantitative estimate of drug-likeness (QED) is 0.810. The fourth-order valence-electron chi connectivity index (χ4n) is 1.61. The second kappa shape index (κ2) is 6.96. The summed E-state index contributed by atoms with van der Waals surface area (Å²) in [6.45, 7) is 2.03. The van der Waals surface area contributed by atoms with Gasteiger partial charge in [0.2, 0.25) is 0 Å². The number of Topliss-reactive ketones (excluding diaryl/α,β-unsaturated/α-hetero) is 1. The van der Waals surface area contributed by atoms with Gasteiger partial charge in [-0.3, -0.25) is 4.79 Å². The number of rotatable bonds is 6. The molecule has 0 heterocycles. The first-order valence-electron chi connectivity index (χ1n) is 6.23. The number of carbonyl (C=O) groups excluding carboxylic acids is 1. The lowest BCUT2D eigenvalue weighted by atomic mass is 10.2. The van der Waals surface area contributed by atoms with E-state index in [9.17, 15) is 4.79 Å². The molecule has 0 saturated heterocycles. The molecule has 104 valence electrons. The van der Waals surface area contributed by atoms with Gasteiger partial charge < -0.3 is 9.47 Å². The molecule has 0 atom stereocenters. The summed E-state index contributed by atoms with van der Waals surface area (Å²) in [4.78, 5) is 10.8. The molecule has 3 nitrogen and oxygen atoms in total. The van der Waals surface area contributed by atoms with Gasteiger partial charge in [-0.05, 0) is 48.9 Å². The van der Waals surface area contributed by atoms with E-state index in [0.717, 1.165) is 11.3 Å². The molecule has 0 aromatic heterocycles. The largest absolute Gasteiger partial charge is 0.489 e. The molecule has 0 fully saturated rings. The zero-order valence-corrected chi connectivity index (χ0v) is 11.9. The summed E-state index contributed by atoms with van der Waals surface area (Å²) < 4.78 is 10.9. The van der Waals surface area contributed by atoms with E-state index in [-0.39, 0.29) is 12.4 Å². The Morgan fingerprint density at radius 2 is 1.70 bits per heavy atom. The minimum absolute atomic E-state index is 0.00807. The molecule has 0 amide bonds. The second-order valence-electron chi connectivity index (χ2n) is 4.38. The van der Waals surface area contributed by atoms with E-state index in [1.54, 1.807) is 24.3 Å². The number of benzene rings is 2. The molecule has 2 aromatic carbocycles. The maximum absolute atomic E-state index is 10.8. The highest BCUT2D eigenvalue weighted by Gasteiger charge is 2.00. The van der Waals surface area contributed by atoms with Crippen LogP contribution >= 0.6 is 11.6 Å². The summed E-state index contributed by atoms with van der Waals surface area (Å²) in [5, 5.41) is 0.694. The summed E-state index contributed by atoms with van der Waals surface area (Å²) in [5.74, 6) is 1.38. The highest BCUT2D eigenvalue weighted by atomic mass is 35.5. The standard InChI is InChI=1S/C16H15ClO3/c1-12(18)10-19-15-5-7-16(8-6-15)20-11-13-3-2-4-14(17)9-13/h2-9H,10-11H2,1H3. The Hall–Kier alpha value is -2.00. The second-order valence-corrected chi connectivity index (χ2v) is 4.82. The van der Waals surface area contributed by atoms with Gasteiger partial charge in [0.05, 0.1) is 0 Å². The van der Waals surface area contributed by atoms with Gasteiger partial charge in [-0.15, -0.1) is 0 Å². The van der Waals surface area contributed by atoms with Gasteiger partial charge in [-0.1, -0.05) is 23.7 Å². The first-order chi connectivity index (χ1) is 9.63. The fourth-order valence-corrected chi connectivity index (χ4v) is 1.82. The van der Waals surface area contributed by atoms with Crippen molar-refractivity contribution >= 4 is 17.4 Å². The third-order valence-corrected chi connectivity index (χ3v) is 2.80. The van der Waals surface area contributed by atoms with Gasteiger partial charge >= 0.3 is 0 Å². The maximum Gasteiger partial charge on any atom is 0.167 e. The Balaban J connectivity index is 1.89. The summed E-state index contributed by atoms with van der Waals surface area (Å²) in [7, 11) is 0. The van der Waals surface area contributed by atoms with Crippen molar-refractivity contribution in [3.8, 4) is 11.5 Å². The Morgan fingerprint density at radius 1 is 1.05 bits per heavy atom. The summed E-state index contributed by atoms with van der Waals surface area (Å²) >= 11 is 5.91. The van der Waals surface area contributed by atoms with Crippen molar-refractivity contribution in [2.45, 2.75) is 13.5 Å². The molecular weight excluding hydrogens is 276 g/mol. The smallest absolute Gasteiger partial charge is 0.167 e. The lowest BCUT2D eigenvalue weighted by molar-refractivity contribution is -0.118. The van der Waals surface area contributed by atoms with E-state index in [1.165, 1.54) is 6.92 Å². The number of ether oxygens (including phenoxy) is 2. The van der Waals surface area contributed by atoms with Gasteiger partial charge in [-0.25, -0.2) is 0 Å². The van der Waals surface area contributed by atoms with Crippen molar-refractivity contribution in [3.05, 3.63) is 59.1 Å². The van der Waals surface area contributed by atoms with Gasteiger partial charge in [0, 0.05) is 5.02 Å². The SMILES string of the molecule is CC(=O)COc1ccc(OCc2cccc(Cl)c2)cc1. The van der Waals surface area contributed by atoms with Crippen LogP contribution in [-0.2, 0) is 11.4 Å². The highest BCUT2D eigenvalue weighted by molar-refractivity contribution is 6.30. The first kappa shape index (κ1) is 14.4. The normalized spacial score (nSPS) is 10.1. The Labute approximate surface area is 123 Å². The minimum Gasteiger partial charge on any atom is -0.489 e. The van der Waals surface area contributed by atoms with Crippen molar-refractivity contribution in [2.24, 2.45) is 0 Å². The monoisotopic (exact) mass is 290 g/mol. The fraction of sp³-hybridized carbons (Fsp3) is 0.188. The predicted molar refractivity (Wildman–Crippen MR) is 78.4 cm³/mol. The lowest BCUT2D eigenvalue weighted by Crippen LogP contribution is -2.06. The van der Waals surface area contributed by atoms with Crippen molar-refractivity contribution in [1.29, 1.82) is 0 Å². The summed E-state index contributed by atoms with van der Waals surface area (Å²) in [6, 6.07) is 14.7. The number of hydrogen-bond donors (Lipinski definition) is 0. The van der Waals surface area contributed by atoms with E-state index in [4.69, 9.17) is 21.1 Å². The molecule has 0 N–H and O–H groups in total. The van der Waals surface area contributed by atoms with Crippen molar-refractivity contribution in [2.75, 3.05) is 6.61 Å². The van der Waals surface area contributed by atoms with E-state index in [2.05, 4.69) is 0 Å². The number of ketones is 1. The molecule has 0 spiro atoms. The average molecular weight is 291 g/mol. The number of carbonyl (C=O) groups is 1. The molecule has 0 unspecified atom stereocenters. The Morgan fingerprint density at radius 3 is 2.30 bits per heavy atom. The molecule has 0 bridgehead atoms. The van der Waals surface area contributed by atoms with E-state index in [0.29, 0.717) is 17.4 Å². The average Bonchev–Trinajstić information content (AvgIpc) is 2.44. The molecule has 0 radical (unpaired) electrons. The Kier molecular flexibility index (Phi) is 5.02. The maximum atomic E-state index is 10.8. The van der Waals surface area contributed by atoms with Gasteiger partial charge in [-0.2, -0.15) is 0 Å². The zero-order chi connectivity index (χ0) is 14.4. The number of halogens is 1. The molecule has 0 aliphatic carbocycles. The predicted octanol–water partition coefficient (Wildman–Crippen LogP) is 3.89. The van der Waals surface area contributed by atoms with E-state index < -0.39 is 0 Å². The van der Waals surface area contributed by atoms with Gasteiger partial charge in [0.1, 0.15) is 24.7 Å². The van der Waals surface area contributed by atoms with Crippen molar-refractivity contribution < 1.29 is 14.3 Å². The molecule has 0 aliphatic heterocycles. The molecule has 0 saturated carbocycles. The molecular formula is C16H15ClO3. The van der Waals surface area contributed by atoms with Gasteiger partial charge in [0.15, 0.2) is 5.78 Å². The third-order valence-electron chi connectivity index (χ3n) is 2.56. The first-order valence-corrected chi connectivity index (χ1v) is 6.61. The van der Waals surface area contributed by atoms with Crippen LogP contribution in [0.15, 0.2) is 48.5 Å². The van der Waals surface area contributed by atoms with Crippen LogP contribution < -0.4 is 9.47 Å². The molecule has 20 heavy (non-hydrogen) atoms. The zero-order valence-electron chi connectivity index (χ0n) is 11.1. The molecule has 4 heteroatoms. The molecule has 2 aromatic rings. The van der Waals surface area contributed by atoms with Crippen LogP contribution in [-0.4, -0.2) is 12.4 Å². The van der Waals surface area contributed by atoms with Crippen LogP contribution in [0.4, 0.5) is 0 Å². The van der Waals surface area contributed by atoms with Crippen LogP contribution in [0.2, 0.25) is 5.02 Å². The van der Waals surface area contributed by atoms with Crippen molar-refractivity contribution in [3.63, 3.8) is 0 Å². The van der Waals surface area contributed by atoms with Crippen LogP contribution in [0, 0.1) is 0 Å². The highest BCUT2D eigenvalue weighted by Crippen LogP contribution is 2.19. The summed E-state index contributed by atoms with van der Waals surface area (Å²) in [5.41, 5.74) is 1.01. The van der Waals surface area contributed by atoms with E-state index in [1.807, 2.05) is 24.3 Å². The molecule has 2 rings (SSSR count). The van der Waals surface area contributed by atoms with Crippen LogP contribution in [0.3, 0.4) is 0 Å². The van der Waals surface area contributed by atoms with Crippen LogP contribution in [0.5, 0.6) is 11.5 Å². The van der Waals surface area contributed by atoms with Crippen molar-refractivity contribution in [1.82, 2.24) is 0 Å². The number of hydrogen-bond acceptors (Lipinski definition) is 3. The summed E-state index contributed by atoms with van der Waals surface area (Å²) in [6.07, 6.45) is 0. The van der Waals surface area contributed by atoms with E-state index >= 15 is 0 Å². The Bertz CT molecular complexity index is 579. The minimum atomic E-state index is -0.00807. The lowest BCUT2D eigenvalue weighted by Gasteiger charge is -2.08. The third kappa shape index (κ3) is 4.59.